The van der Waals surface area contributed by atoms with E-state index in [1.165, 1.54) is 51.0 Å². The molecule has 0 saturated heterocycles. The summed E-state index contributed by atoms with van der Waals surface area (Å²) < 4.78 is 52.7. The molecule has 0 aliphatic heterocycles. The van der Waals surface area contributed by atoms with Gasteiger partial charge in [-0.25, -0.2) is 4.39 Å². The molecule has 6 atom stereocenters. The lowest BCUT2D eigenvalue weighted by Gasteiger charge is -2.50. The van der Waals surface area contributed by atoms with Crippen LogP contribution in [0, 0.1) is 35.4 Å². The van der Waals surface area contributed by atoms with Gasteiger partial charge in [0.15, 0.2) is 0 Å². The van der Waals surface area contributed by atoms with Gasteiger partial charge in [-0.05, 0) is 111 Å². The summed E-state index contributed by atoms with van der Waals surface area (Å²) in [5.41, 5.74) is -0.393. The molecular weight excluding hydrogens is 388 g/mol. The molecule has 0 unspecified atom stereocenters. The summed E-state index contributed by atoms with van der Waals surface area (Å²) in [4.78, 5) is 0. The van der Waals surface area contributed by atoms with E-state index >= 15 is 0 Å². The third-order valence-electron chi connectivity index (χ3n) is 8.21. The number of hydrogen-bond donors (Lipinski definition) is 0. The first-order valence-electron chi connectivity index (χ1n) is 11.9. The third kappa shape index (κ3) is 4.62. The summed E-state index contributed by atoms with van der Waals surface area (Å²) in [7, 11) is 0. The first kappa shape index (κ1) is 21.9. The molecule has 4 heteroatoms. The van der Waals surface area contributed by atoms with E-state index in [2.05, 4.69) is 19.1 Å². The second-order valence-electron chi connectivity index (χ2n) is 9.96. The van der Waals surface area contributed by atoms with Crippen molar-refractivity contribution >= 4 is 0 Å². The van der Waals surface area contributed by atoms with Crippen molar-refractivity contribution < 1.29 is 17.6 Å². The molecule has 4 rings (SSSR count). The molecule has 3 saturated carbocycles. The molecule has 0 radical (unpaired) electrons. The minimum atomic E-state index is -4.62. The molecule has 166 valence electrons. The van der Waals surface area contributed by atoms with Gasteiger partial charge in [0.25, 0.3) is 0 Å². The predicted octanol–water partition coefficient (Wildman–Crippen LogP) is 8.53. The molecule has 3 fully saturated rings. The Morgan fingerprint density at radius 3 is 2.30 bits per heavy atom. The number of allylic oxidation sites excluding steroid dienone is 2. The van der Waals surface area contributed by atoms with Gasteiger partial charge in [0.05, 0.1) is 5.56 Å². The number of alkyl halides is 3. The molecule has 0 bridgehead atoms. The van der Waals surface area contributed by atoms with Crippen LogP contribution in [0.3, 0.4) is 0 Å². The number of unbranched alkanes of at least 4 members (excludes halogenated alkanes) is 1. The number of fused-ring (bicyclic) bond motifs is 3. The van der Waals surface area contributed by atoms with E-state index in [-0.39, 0.29) is 5.92 Å². The highest BCUT2D eigenvalue weighted by Gasteiger charge is 2.44. The molecule has 0 N–H and O–H groups in total. The molecule has 1 aromatic carbocycles. The molecule has 0 amide bonds. The highest BCUT2D eigenvalue weighted by Crippen LogP contribution is 2.55. The Bertz CT molecular complexity index is 750. The SMILES string of the molecule is CCCC=C[C@@H]1CC[C@H]2[C@H](CC[C@H]3C[C@H](c4ccc(C(F)(F)F)c(F)c4)CC[C@@H]32)C1. The van der Waals surface area contributed by atoms with Crippen LogP contribution in [-0.4, -0.2) is 0 Å². The van der Waals surface area contributed by atoms with Crippen molar-refractivity contribution in [3.05, 3.63) is 47.3 Å². The van der Waals surface area contributed by atoms with Gasteiger partial charge < -0.3 is 0 Å². The quantitative estimate of drug-likeness (QED) is 0.337. The fourth-order valence-corrected chi connectivity index (χ4v) is 6.78. The summed E-state index contributed by atoms with van der Waals surface area (Å²) in [6.07, 6.45) is 12.2. The largest absolute Gasteiger partial charge is 0.419 e. The lowest BCUT2D eigenvalue weighted by molar-refractivity contribution is -0.140. The van der Waals surface area contributed by atoms with E-state index in [0.717, 1.165) is 60.6 Å². The second-order valence-corrected chi connectivity index (χ2v) is 9.96. The monoisotopic (exact) mass is 422 g/mol. The molecule has 0 nitrogen and oxygen atoms in total. The maximum Gasteiger partial charge on any atom is 0.419 e. The van der Waals surface area contributed by atoms with Crippen molar-refractivity contribution in [2.75, 3.05) is 0 Å². The van der Waals surface area contributed by atoms with Crippen LogP contribution in [0.5, 0.6) is 0 Å². The summed E-state index contributed by atoms with van der Waals surface area (Å²) in [5, 5.41) is 0. The molecular formula is C26H34F4. The van der Waals surface area contributed by atoms with Gasteiger partial charge in [0.2, 0.25) is 0 Å². The molecule has 0 heterocycles. The average molecular weight is 423 g/mol. The first-order chi connectivity index (χ1) is 14.4. The van der Waals surface area contributed by atoms with Gasteiger partial charge >= 0.3 is 6.18 Å². The molecule has 0 spiro atoms. The van der Waals surface area contributed by atoms with Crippen molar-refractivity contribution in [3.63, 3.8) is 0 Å². The van der Waals surface area contributed by atoms with E-state index in [1.807, 2.05) is 0 Å². The molecule has 3 aliphatic carbocycles. The summed E-state index contributed by atoms with van der Waals surface area (Å²) in [6, 6.07) is 3.59. The van der Waals surface area contributed by atoms with Crippen LogP contribution >= 0.6 is 0 Å². The van der Waals surface area contributed by atoms with Crippen LogP contribution in [0.4, 0.5) is 17.6 Å². The van der Waals surface area contributed by atoms with Crippen molar-refractivity contribution in [1.82, 2.24) is 0 Å². The van der Waals surface area contributed by atoms with Crippen LogP contribution in [-0.2, 0) is 6.18 Å². The Morgan fingerprint density at radius 2 is 1.63 bits per heavy atom. The van der Waals surface area contributed by atoms with E-state index in [9.17, 15) is 17.6 Å². The first-order valence-corrected chi connectivity index (χ1v) is 11.9. The number of rotatable bonds is 4. The fourth-order valence-electron chi connectivity index (χ4n) is 6.78. The Labute approximate surface area is 178 Å². The van der Waals surface area contributed by atoms with Crippen LogP contribution in [0.1, 0.15) is 88.2 Å². The van der Waals surface area contributed by atoms with Crippen molar-refractivity contribution in [2.24, 2.45) is 29.6 Å². The highest BCUT2D eigenvalue weighted by molar-refractivity contribution is 5.29. The van der Waals surface area contributed by atoms with Gasteiger partial charge in [-0.2, -0.15) is 13.2 Å². The van der Waals surface area contributed by atoms with Gasteiger partial charge in [-0.1, -0.05) is 31.6 Å². The molecule has 1 aromatic rings. The van der Waals surface area contributed by atoms with Crippen LogP contribution < -0.4 is 0 Å². The second kappa shape index (κ2) is 9.04. The molecule has 0 aromatic heterocycles. The average Bonchev–Trinajstić information content (AvgIpc) is 2.72. The summed E-state index contributed by atoms with van der Waals surface area (Å²) in [6.45, 7) is 2.22. The molecule has 30 heavy (non-hydrogen) atoms. The van der Waals surface area contributed by atoms with Crippen molar-refractivity contribution in [1.29, 1.82) is 0 Å². The number of benzene rings is 1. The van der Waals surface area contributed by atoms with Crippen molar-refractivity contribution in [3.8, 4) is 0 Å². The minimum absolute atomic E-state index is 0.202. The normalized spacial score (nSPS) is 34.6. The maximum absolute atomic E-state index is 14.1. The zero-order chi connectivity index (χ0) is 21.3. The fraction of sp³-hybridized carbons (Fsp3) is 0.692. The lowest BCUT2D eigenvalue weighted by atomic mass is 9.55. The Hall–Kier alpha value is -1.32. The zero-order valence-electron chi connectivity index (χ0n) is 17.9. The minimum Gasteiger partial charge on any atom is -0.206 e. The highest BCUT2D eigenvalue weighted by atomic mass is 19.4. The summed E-state index contributed by atoms with van der Waals surface area (Å²) in [5.74, 6) is 2.91. The third-order valence-corrected chi connectivity index (χ3v) is 8.21. The Kier molecular flexibility index (Phi) is 6.60. The predicted molar refractivity (Wildman–Crippen MR) is 113 cm³/mol. The lowest BCUT2D eigenvalue weighted by Crippen LogP contribution is -2.41. The Balaban J connectivity index is 1.39. The molecule has 3 aliphatic rings. The van der Waals surface area contributed by atoms with Gasteiger partial charge in [0.1, 0.15) is 5.82 Å². The number of halogens is 4. The van der Waals surface area contributed by atoms with Gasteiger partial charge in [0, 0.05) is 0 Å². The topological polar surface area (TPSA) is 0 Å². The van der Waals surface area contributed by atoms with Crippen molar-refractivity contribution in [2.45, 2.75) is 83.2 Å². The van der Waals surface area contributed by atoms with E-state index in [0.29, 0.717) is 5.92 Å². The van der Waals surface area contributed by atoms with Gasteiger partial charge in [-0.3, -0.25) is 0 Å². The van der Waals surface area contributed by atoms with Crippen LogP contribution in [0.2, 0.25) is 0 Å². The van der Waals surface area contributed by atoms with E-state index < -0.39 is 17.6 Å². The van der Waals surface area contributed by atoms with E-state index in [4.69, 9.17) is 0 Å². The summed E-state index contributed by atoms with van der Waals surface area (Å²) >= 11 is 0. The number of hydrogen-bond acceptors (Lipinski definition) is 0. The van der Waals surface area contributed by atoms with E-state index in [1.54, 1.807) is 0 Å². The van der Waals surface area contributed by atoms with Crippen LogP contribution in [0.25, 0.3) is 0 Å². The van der Waals surface area contributed by atoms with Crippen LogP contribution in [0.15, 0.2) is 30.4 Å². The zero-order valence-corrected chi connectivity index (χ0v) is 17.9. The van der Waals surface area contributed by atoms with Gasteiger partial charge in [-0.15, -0.1) is 0 Å². The Morgan fingerprint density at radius 1 is 0.933 bits per heavy atom. The smallest absolute Gasteiger partial charge is 0.206 e. The standard InChI is InChI=1S/C26H34F4/c1-2-3-4-5-17-6-11-22-20(14-17)7-8-21-15-18(9-12-23(21)22)19-10-13-24(25(27)16-19)26(28,29)30/h4-5,10,13,16-18,20-23H,2-3,6-9,11-12,14-15H2,1H3/t17-,18-,20-,21+,22+,23+/m1/s1. The maximum atomic E-state index is 14.1.